The van der Waals surface area contributed by atoms with Crippen LogP contribution >= 0.6 is 0 Å². The average molecular weight is 226 g/mol. The van der Waals surface area contributed by atoms with Crippen LogP contribution in [0.5, 0.6) is 0 Å². The van der Waals surface area contributed by atoms with E-state index in [4.69, 9.17) is 9.84 Å². The Morgan fingerprint density at radius 1 is 1.44 bits per heavy atom. The van der Waals surface area contributed by atoms with Crippen molar-refractivity contribution in [3.8, 4) is 0 Å². The van der Waals surface area contributed by atoms with E-state index in [0.29, 0.717) is 0 Å². The molecule has 1 aromatic carbocycles. The Labute approximate surface area is 93.9 Å². The predicted octanol–water partition coefficient (Wildman–Crippen LogP) is 2.84. The zero-order valence-electron chi connectivity index (χ0n) is 9.58. The fraction of sp³-hybridized carbons (Fsp3) is 0.417. The molecule has 0 fully saturated rings. The maximum Gasteiger partial charge on any atom is 0.335 e. The van der Waals surface area contributed by atoms with Crippen LogP contribution in [0.3, 0.4) is 0 Å². The minimum absolute atomic E-state index is 0.0638. The molecule has 4 heteroatoms. The van der Waals surface area contributed by atoms with Crippen LogP contribution in [0.1, 0.15) is 36.7 Å². The summed E-state index contributed by atoms with van der Waals surface area (Å²) in [6.07, 6.45) is 0. The molecular weight excluding hydrogens is 211 g/mol. The fourth-order valence-corrected chi connectivity index (χ4v) is 1.11. The molecule has 0 atom stereocenters. The molecule has 0 aliphatic heterocycles. The van der Waals surface area contributed by atoms with Gasteiger partial charge in [0.15, 0.2) is 0 Å². The van der Waals surface area contributed by atoms with Crippen LogP contribution < -0.4 is 0 Å². The Bertz CT molecular complexity index is 394. The molecule has 0 saturated carbocycles. The molecule has 0 aliphatic rings. The molecule has 0 spiro atoms. The van der Waals surface area contributed by atoms with Crippen molar-refractivity contribution in [3.05, 3.63) is 35.1 Å². The molecule has 0 aromatic heterocycles. The van der Waals surface area contributed by atoms with Crippen LogP contribution in [0, 0.1) is 5.82 Å². The normalized spacial score (nSPS) is 11.5. The minimum atomic E-state index is -1.07. The van der Waals surface area contributed by atoms with Crippen LogP contribution in [-0.4, -0.2) is 16.7 Å². The number of benzene rings is 1. The van der Waals surface area contributed by atoms with Gasteiger partial charge in [0.1, 0.15) is 5.82 Å². The highest BCUT2D eigenvalue weighted by molar-refractivity contribution is 5.87. The molecule has 1 aromatic rings. The Morgan fingerprint density at radius 2 is 2.06 bits per heavy atom. The van der Waals surface area contributed by atoms with Crippen molar-refractivity contribution < 1.29 is 19.0 Å². The number of hydrogen-bond acceptors (Lipinski definition) is 2. The average Bonchev–Trinajstić information content (AvgIpc) is 2.14. The first-order valence-electron chi connectivity index (χ1n) is 4.95. The largest absolute Gasteiger partial charge is 0.478 e. The lowest BCUT2D eigenvalue weighted by atomic mass is 10.1. The zero-order valence-corrected chi connectivity index (χ0v) is 9.58. The number of rotatable bonds is 3. The van der Waals surface area contributed by atoms with E-state index in [2.05, 4.69) is 0 Å². The van der Waals surface area contributed by atoms with E-state index >= 15 is 0 Å². The van der Waals surface area contributed by atoms with Crippen LogP contribution in [0.4, 0.5) is 4.39 Å². The second-order valence-electron chi connectivity index (χ2n) is 4.51. The first kappa shape index (κ1) is 12.6. The summed E-state index contributed by atoms with van der Waals surface area (Å²) in [6, 6.07) is 3.67. The predicted molar refractivity (Wildman–Crippen MR) is 57.9 cm³/mol. The van der Waals surface area contributed by atoms with Gasteiger partial charge in [-0.1, -0.05) is 0 Å². The summed E-state index contributed by atoms with van der Waals surface area (Å²) < 4.78 is 18.7. The highest BCUT2D eigenvalue weighted by Crippen LogP contribution is 2.16. The van der Waals surface area contributed by atoms with Gasteiger partial charge in [0.05, 0.1) is 17.8 Å². The van der Waals surface area contributed by atoms with Gasteiger partial charge < -0.3 is 9.84 Å². The van der Waals surface area contributed by atoms with Crippen molar-refractivity contribution in [2.45, 2.75) is 33.0 Å². The van der Waals surface area contributed by atoms with Crippen molar-refractivity contribution in [1.82, 2.24) is 0 Å². The van der Waals surface area contributed by atoms with E-state index in [1.54, 1.807) is 0 Å². The maximum atomic E-state index is 13.3. The zero-order chi connectivity index (χ0) is 12.3. The van der Waals surface area contributed by atoms with E-state index in [1.165, 1.54) is 12.1 Å². The number of hydrogen-bond donors (Lipinski definition) is 1. The molecule has 1 N–H and O–H groups in total. The molecule has 3 nitrogen and oxygen atoms in total. The quantitative estimate of drug-likeness (QED) is 0.862. The Balaban J connectivity index is 2.86. The molecule has 16 heavy (non-hydrogen) atoms. The van der Waals surface area contributed by atoms with E-state index in [0.717, 1.165) is 6.07 Å². The second-order valence-corrected chi connectivity index (χ2v) is 4.51. The summed E-state index contributed by atoms with van der Waals surface area (Å²) in [7, 11) is 0. The van der Waals surface area contributed by atoms with E-state index in [1.807, 2.05) is 20.8 Å². The highest BCUT2D eigenvalue weighted by Gasteiger charge is 2.13. The third-order valence-electron chi connectivity index (χ3n) is 1.95. The van der Waals surface area contributed by atoms with E-state index in [9.17, 15) is 9.18 Å². The molecule has 0 radical (unpaired) electrons. The lowest BCUT2D eigenvalue weighted by Crippen LogP contribution is -2.19. The molecule has 0 saturated heterocycles. The molecular formula is C12H15FO3. The Hall–Kier alpha value is -1.42. The lowest BCUT2D eigenvalue weighted by molar-refractivity contribution is -0.0161. The van der Waals surface area contributed by atoms with Crippen molar-refractivity contribution in [2.75, 3.05) is 0 Å². The van der Waals surface area contributed by atoms with Gasteiger partial charge in [-0.3, -0.25) is 0 Å². The first-order valence-corrected chi connectivity index (χ1v) is 4.95. The topological polar surface area (TPSA) is 46.5 Å². The monoisotopic (exact) mass is 226 g/mol. The van der Waals surface area contributed by atoms with Gasteiger partial charge in [-0.05, 0) is 39.0 Å². The summed E-state index contributed by atoms with van der Waals surface area (Å²) in [5.74, 6) is -1.52. The third kappa shape index (κ3) is 3.62. The molecule has 0 unspecified atom stereocenters. The van der Waals surface area contributed by atoms with Gasteiger partial charge in [-0.25, -0.2) is 9.18 Å². The number of aromatic carboxylic acids is 1. The molecule has 0 amide bonds. The Kier molecular flexibility index (Phi) is 3.65. The van der Waals surface area contributed by atoms with E-state index < -0.39 is 11.8 Å². The third-order valence-corrected chi connectivity index (χ3v) is 1.95. The fourth-order valence-electron chi connectivity index (χ4n) is 1.11. The van der Waals surface area contributed by atoms with Crippen molar-refractivity contribution >= 4 is 5.97 Å². The lowest BCUT2D eigenvalue weighted by Gasteiger charge is -2.19. The minimum Gasteiger partial charge on any atom is -0.478 e. The number of carboxylic acids is 1. The number of ether oxygens (including phenoxy) is 1. The van der Waals surface area contributed by atoms with Crippen LogP contribution in [0.25, 0.3) is 0 Å². The van der Waals surface area contributed by atoms with Crippen LogP contribution in [-0.2, 0) is 11.3 Å². The number of halogens is 1. The summed E-state index contributed by atoms with van der Waals surface area (Å²) in [6.45, 7) is 5.63. The Morgan fingerprint density at radius 3 is 2.56 bits per heavy atom. The molecule has 0 aliphatic carbocycles. The van der Waals surface area contributed by atoms with Crippen molar-refractivity contribution in [3.63, 3.8) is 0 Å². The molecule has 0 bridgehead atoms. The van der Waals surface area contributed by atoms with Gasteiger partial charge in [0.2, 0.25) is 0 Å². The highest BCUT2D eigenvalue weighted by atomic mass is 19.1. The van der Waals surface area contributed by atoms with E-state index in [-0.39, 0.29) is 23.3 Å². The summed E-state index contributed by atoms with van der Waals surface area (Å²) in [4.78, 5) is 10.7. The van der Waals surface area contributed by atoms with Crippen molar-refractivity contribution in [1.29, 1.82) is 0 Å². The smallest absolute Gasteiger partial charge is 0.335 e. The maximum absolute atomic E-state index is 13.3. The van der Waals surface area contributed by atoms with Gasteiger partial charge in [0, 0.05) is 5.56 Å². The number of carboxylic acid groups (broad SMARTS) is 1. The van der Waals surface area contributed by atoms with Crippen LogP contribution in [0.2, 0.25) is 0 Å². The molecule has 88 valence electrons. The standard InChI is InChI=1S/C12H15FO3/c1-12(2,3)16-7-9-6-8(11(14)15)4-5-10(9)13/h4-6H,7H2,1-3H3,(H,14,15). The number of carbonyl (C=O) groups is 1. The summed E-state index contributed by atoms with van der Waals surface area (Å²) in [5, 5.41) is 8.76. The van der Waals surface area contributed by atoms with Gasteiger partial charge >= 0.3 is 5.97 Å². The SMILES string of the molecule is CC(C)(C)OCc1cc(C(=O)O)ccc1F. The van der Waals surface area contributed by atoms with Crippen molar-refractivity contribution in [2.24, 2.45) is 0 Å². The second kappa shape index (κ2) is 4.61. The van der Waals surface area contributed by atoms with Gasteiger partial charge in [0.25, 0.3) is 0 Å². The van der Waals surface area contributed by atoms with Crippen LogP contribution in [0.15, 0.2) is 18.2 Å². The first-order chi connectivity index (χ1) is 7.29. The molecule has 1 rings (SSSR count). The summed E-state index contributed by atoms with van der Waals surface area (Å²) >= 11 is 0. The molecule has 0 heterocycles. The van der Waals surface area contributed by atoms with Gasteiger partial charge in [-0.2, -0.15) is 0 Å². The summed E-state index contributed by atoms with van der Waals surface area (Å²) in [5.41, 5.74) is -0.0604. The van der Waals surface area contributed by atoms with Gasteiger partial charge in [-0.15, -0.1) is 0 Å².